The van der Waals surface area contributed by atoms with Gasteiger partial charge in [-0.15, -0.1) is 0 Å². The minimum Gasteiger partial charge on any atom is -0.497 e. The van der Waals surface area contributed by atoms with Gasteiger partial charge in [0, 0.05) is 6.07 Å². The summed E-state index contributed by atoms with van der Waals surface area (Å²) in [6, 6.07) is 14.5. The van der Waals surface area contributed by atoms with E-state index in [-0.39, 0.29) is 5.69 Å². The van der Waals surface area contributed by atoms with Crippen molar-refractivity contribution in [1.82, 2.24) is 0 Å². The smallest absolute Gasteiger partial charge is 0.246 e. The number of methoxy groups -OCH3 is 1. The quantitative estimate of drug-likeness (QED) is 0.938. The van der Waals surface area contributed by atoms with Crippen LogP contribution in [-0.4, -0.2) is 13.0 Å². The number of amides is 1. The average Bonchev–Trinajstić information content (AvgIpc) is 2.51. The van der Waals surface area contributed by atoms with Crippen molar-refractivity contribution in [2.45, 2.75) is 5.92 Å². The van der Waals surface area contributed by atoms with Crippen molar-refractivity contribution in [3.8, 4) is 11.8 Å². The van der Waals surface area contributed by atoms with Crippen molar-refractivity contribution in [2.24, 2.45) is 0 Å². The van der Waals surface area contributed by atoms with E-state index in [0.29, 0.717) is 11.3 Å². The normalized spacial score (nSPS) is 11.3. The highest BCUT2D eigenvalue weighted by molar-refractivity contribution is 5.98. The fourth-order valence-corrected chi connectivity index (χ4v) is 1.86. The standard InChI is InChI=1S/C16H13FN2O2/c1-21-12-7-8-14(17)15(9-12)19-16(20)13(10-18)11-5-3-2-4-6-11/h2-9,13H,1H3,(H,19,20). The highest BCUT2D eigenvalue weighted by Crippen LogP contribution is 2.23. The van der Waals surface area contributed by atoms with E-state index < -0.39 is 17.6 Å². The molecule has 5 heteroatoms. The molecule has 0 heterocycles. The first-order valence-electron chi connectivity index (χ1n) is 6.24. The Morgan fingerprint density at radius 3 is 2.62 bits per heavy atom. The van der Waals surface area contributed by atoms with E-state index in [1.807, 2.05) is 6.07 Å². The largest absolute Gasteiger partial charge is 0.497 e. The van der Waals surface area contributed by atoms with Crippen LogP contribution in [-0.2, 0) is 4.79 Å². The Kier molecular flexibility index (Phi) is 4.52. The maximum Gasteiger partial charge on any atom is 0.246 e. The molecule has 0 aromatic heterocycles. The van der Waals surface area contributed by atoms with Gasteiger partial charge in [0.15, 0.2) is 5.92 Å². The Bertz CT molecular complexity index is 680. The summed E-state index contributed by atoms with van der Waals surface area (Å²) in [4.78, 5) is 12.2. The van der Waals surface area contributed by atoms with E-state index in [4.69, 9.17) is 10.00 Å². The molecular weight excluding hydrogens is 271 g/mol. The van der Waals surface area contributed by atoms with Gasteiger partial charge in [0.1, 0.15) is 11.6 Å². The number of nitrogens with zero attached hydrogens (tertiary/aromatic N) is 1. The molecule has 2 aromatic carbocycles. The van der Waals surface area contributed by atoms with Crippen LogP contribution in [0.1, 0.15) is 11.5 Å². The molecule has 0 radical (unpaired) electrons. The van der Waals surface area contributed by atoms with Gasteiger partial charge in [0.05, 0.1) is 18.9 Å². The number of nitriles is 1. The van der Waals surface area contributed by atoms with Gasteiger partial charge in [-0.1, -0.05) is 30.3 Å². The topological polar surface area (TPSA) is 62.1 Å². The summed E-state index contributed by atoms with van der Waals surface area (Å²) in [7, 11) is 1.45. The summed E-state index contributed by atoms with van der Waals surface area (Å²) >= 11 is 0. The minimum atomic E-state index is -1.00. The highest BCUT2D eigenvalue weighted by Gasteiger charge is 2.21. The van der Waals surface area contributed by atoms with Crippen molar-refractivity contribution >= 4 is 11.6 Å². The summed E-state index contributed by atoms with van der Waals surface area (Å²) in [5.74, 6) is -1.76. The number of hydrogen-bond donors (Lipinski definition) is 1. The predicted molar refractivity (Wildman–Crippen MR) is 76.4 cm³/mol. The summed E-state index contributed by atoms with van der Waals surface area (Å²) in [5.41, 5.74) is 0.538. The lowest BCUT2D eigenvalue weighted by Gasteiger charge is -2.12. The lowest BCUT2D eigenvalue weighted by Crippen LogP contribution is -2.20. The Morgan fingerprint density at radius 2 is 2.00 bits per heavy atom. The lowest BCUT2D eigenvalue weighted by atomic mass is 10.00. The number of halogens is 1. The molecule has 1 amide bonds. The summed E-state index contributed by atoms with van der Waals surface area (Å²) in [5, 5.41) is 11.6. The molecule has 2 aromatic rings. The second kappa shape index (κ2) is 6.53. The Hall–Kier alpha value is -2.87. The van der Waals surface area contributed by atoms with Gasteiger partial charge in [-0.25, -0.2) is 4.39 Å². The van der Waals surface area contributed by atoms with E-state index in [2.05, 4.69) is 5.32 Å². The number of ether oxygens (including phenoxy) is 1. The zero-order valence-electron chi connectivity index (χ0n) is 11.3. The van der Waals surface area contributed by atoms with Crippen LogP contribution in [0, 0.1) is 17.1 Å². The Labute approximate surface area is 121 Å². The van der Waals surface area contributed by atoms with Gasteiger partial charge in [-0.2, -0.15) is 5.26 Å². The molecule has 0 aliphatic rings. The van der Waals surface area contributed by atoms with Gasteiger partial charge in [-0.3, -0.25) is 4.79 Å². The first-order valence-corrected chi connectivity index (χ1v) is 6.24. The second-order valence-electron chi connectivity index (χ2n) is 4.31. The molecule has 0 fully saturated rings. The second-order valence-corrected chi connectivity index (χ2v) is 4.31. The number of nitrogens with one attached hydrogen (secondary N) is 1. The minimum absolute atomic E-state index is 0.0180. The SMILES string of the molecule is COc1ccc(F)c(NC(=O)C(C#N)c2ccccc2)c1. The van der Waals surface area contributed by atoms with E-state index >= 15 is 0 Å². The molecule has 1 N–H and O–H groups in total. The number of hydrogen-bond acceptors (Lipinski definition) is 3. The fourth-order valence-electron chi connectivity index (χ4n) is 1.86. The third-order valence-electron chi connectivity index (χ3n) is 2.96. The van der Waals surface area contributed by atoms with Crippen LogP contribution in [0.5, 0.6) is 5.75 Å². The van der Waals surface area contributed by atoms with Crippen LogP contribution >= 0.6 is 0 Å². The molecule has 1 unspecified atom stereocenters. The molecular formula is C16H13FN2O2. The van der Waals surface area contributed by atoms with Crippen LogP contribution in [0.25, 0.3) is 0 Å². The van der Waals surface area contributed by atoms with Crippen LogP contribution in [0.3, 0.4) is 0 Å². The van der Waals surface area contributed by atoms with Gasteiger partial charge in [0.2, 0.25) is 5.91 Å². The van der Waals surface area contributed by atoms with Crippen LogP contribution < -0.4 is 10.1 Å². The van der Waals surface area contributed by atoms with Crippen molar-refractivity contribution in [3.05, 3.63) is 59.9 Å². The molecule has 0 spiro atoms. The summed E-state index contributed by atoms with van der Waals surface area (Å²) in [6.45, 7) is 0. The highest BCUT2D eigenvalue weighted by atomic mass is 19.1. The first kappa shape index (κ1) is 14.5. The fraction of sp³-hybridized carbons (Fsp3) is 0.125. The molecule has 2 rings (SSSR count). The van der Waals surface area contributed by atoms with Crippen molar-refractivity contribution in [3.63, 3.8) is 0 Å². The van der Waals surface area contributed by atoms with Gasteiger partial charge in [-0.05, 0) is 17.7 Å². The average molecular weight is 284 g/mol. The number of benzene rings is 2. The van der Waals surface area contributed by atoms with E-state index in [9.17, 15) is 9.18 Å². The van der Waals surface area contributed by atoms with Gasteiger partial charge in [0.25, 0.3) is 0 Å². The lowest BCUT2D eigenvalue weighted by molar-refractivity contribution is -0.116. The number of carbonyl (C=O) groups excluding carboxylic acids is 1. The zero-order chi connectivity index (χ0) is 15.2. The molecule has 4 nitrogen and oxygen atoms in total. The summed E-state index contributed by atoms with van der Waals surface area (Å²) in [6.07, 6.45) is 0. The predicted octanol–water partition coefficient (Wildman–Crippen LogP) is 3.08. The molecule has 0 bridgehead atoms. The number of anilines is 1. The van der Waals surface area contributed by atoms with Gasteiger partial charge < -0.3 is 10.1 Å². The van der Waals surface area contributed by atoms with E-state index in [1.165, 1.54) is 25.3 Å². The molecule has 0 aliphatic carbocycles. The molecule has 0 saturated heterocycles. The van der Waals surface area contributed by atoms with E-state index in [1.54, 1.807) is 30.3 Å². The van der Waals surface area contributed by atoms with Crippen LogP contribution in [0.15, 0.2) is 48.5 Å². The molecule has 21 heavy (non-hydrogen) atoms. The Morgan fingerprint density at radius 1 is 1.29 bits per heavy atom. The number of rotatable bonds is 4. The van der Waals surface area contributed by atoms with Crippen molar-refractivity contribution in [1.29, 1.82) is 5.26 Å². The van der Waals surface area contributed by atoms with Crippen LogP contribution in [0.2, 0.25) is 0 Å². The zero-order valence-corrected chi connectivity index (χ0v) is 11.3. The molecule has 106 valence electrons. The van der Waals surface area contributed by atoms with Gasteiger partial charge >= 0.3 is 0 Å². The molecule has 0 aliphatic heterocycles. The first-order chi connectivity index (χ1) is 10.2. The molecule has 1 atom stereocenters. The number of carbonyl (C=O) groups is 1. The maximum atomic E-state index is 13.7. The van der Waals surface area contributed by atoms with Crippen LogP contribution in [0.4, 0.5) is 10.1 Å². The third kappa shape index (κ3) is 3.37. The Balaban J connectivity index is 2.23. The third-order valence-corrected chi connectivity index (χ3v) is 2.96. The summed E-state index contributed by atoms with van der Waals surface area (Å²) < 4.78 is 18.7. The maximum absolute atomic E-state index is 13.7. The monoisotopic (exact) mass is 284 g/mol. The van der Waals surface area contributed by atoms with Crippen molar-refractivity contribution in [2.75, 3.05) is 12.4 Å². The van der Waals surface area contributed by atoms with E-state index in [0.717, 1.165) is 0 Å². The molecule has 0 saturated carbocycles. The van der Waals surface area contributed by atoms with Crippen molar-refractivity contribution < 1.29 is 13.9 Å².